The molecule has 1 heterocycles. The van der Waals surface area contributed by atoms with Crippen molar-refractivity contribution in [1.82, 2.24) is 5.16 Å². The number of benzene rings is 1. The zero-order valence-electron chi connectivity index (χ0n) is 9.51. The van der Waals surface area contributed by atoms with Crippen molar-refractivity contribution in [1.29, 1.82) is 0 Å². The van der Waals surface area contributed by atoms with Gasteiger partial charge in [0.1, 0.15) is 0 Å². The van der Waals surface area contributed by atoms with Crippen molar-refractivity contribution in [3.8, 4) is 0 Å². The Hall–Kier alpha value is -2.63. The summed E-state index contributed by atoms with van der Waals surface area (Å²) in [6, 6.07) is 6.06. The fraction of sp³-hybridized carbons (Fsp3) is 0.0833. The number of nitrogens with zero attached hydrogens (tertiary/aromatic N) is 1. The highest BCUT2D eigenvalue weighted by molar-refractivity contribution is 6.02. The minimum absolute atomic E-state index is 0.0625. The van der Waals surface area contributed by atoms with E-state index in [1.165, 1.54) is 18.3 Å². The molecule has 1 amide bonds. The van der Waals surface area contributed by atoms with Crippen LogP contribution < -0.4 is 5.32 Å². The van der Waals surface area contributed by atoms with Crippen LogP contribution in [0.15, 0.2) is 35.0 Å². The molecule has 0 aliphatic carbocycles. The first-order chi connectivity index (χ1) is 8.58. The topological polar surface area (TPSA) is 92.4 Å². The Morgan fingerprint density at radius 3 is 2.72 bits per heavy atom. The molecule has 2 aromatic rings. The summed E-state index contributed by atoms with van der Waals surface area (Å²) >= 11 is 0. The van der Waals surface area contributed by atoms with Gasteiger partial charge in [-0.25, -0.2) is 4.79 Å². The molecule has 0 spiro atoms. The molecule has 0 radical (unpaired) electrons. The van der Waals surface area contributed by atoms with Gasteiger partial charge >= 0.3 is 5.97 Å². The lowest BCUT2D eigenvalue weighted by Crippen LogP contribution is -2.12. The molecule has 6 heteroatoms. The highest BCUT2D eigenvalue weighted by Crippen LogP contribution is 2.16. The van der Waals surface area contributed by atoms with Gasteiger partial charge in [-0.15, -0.1) is 0 Å². The normalized spacial score (nSPS) is 10.1. The molecule has 0 atom stereocenters. The van der Waals surface area contributed by atoms with E-state index in [0.717, 1.165) is 0 Å². The van der Waals surface area contributed by atoms with E-state index in [-0.39, 0.29) is 11.3 Å². The number of nitrogens with one attached hydrogen (secondary N) is 1. The Morgan fingerprint density at radius 1 is 1.33 bits per heavy atom. The standard InChI is InChI=1S/C12H10N2O4/c1-7-2-3-8(6-9(7)12(16)17)14-11(15)10-4-5-13-18-10/h2-6H,1H3,(H,14,15)(H,16,17). The van der Waals surface area contributed by atoms with E-state index in [0.29, 0.717) is 11.3 Å². The number of carboxylic acid groups (broad SMARTS) is 1. The zero-order valence-corrected chi connectivity index (χ0v) is 9.51. The van der Waals surface area contributed by atoms with Crippen LogP contribution in [0.25, 0.3) is 0 Å². The maximum absolute atomic E-state index is 11.6. The van der Waals surface area contributed by atoms with Crippen LogP contribution in [0.2, 0.25) is 0 Å². The van der Waals surface area contributed by atoms with E-state index in [4.69, 9.17) is 9.63 Å². The van der Waals surface area contributed by atoms with Gasteiger partial charge < -0.3 is 14.9 Å². The van der Waals surface area contributed by atoms with Crippen LogP contribution >= 0.6 is 0 Å². The number of carbonyl (C=O) groups is 2. The van der Waals surface area contributed by atoms with Crippen LogP contribution in [-0.2, 0) is 0 Å². The third kappa shape index (κ3) is 2.37. The van der Waals surface area contributed by atoms with Crippen molar-refractivity contribution in [3.63, 3.8) is 0 Å². The van der Waals surface area contributed by atoms with E-state index in [2.05, 4.69) is 10.5 Å². The van der Waals surface area contributed by atoms with Crippen LogP contribution in [0.5, 0.6) is 0 Å². The predicted molar refractivity (Wildman–Crippen MR) is 62.6 cm³/mol. The van der Waals surface area contributed by atoms with Gasteiger partial charge in [-0.2, -0.15) is 0 Å². The Kier molecular flexibility index (Phi) is 3.09. The molecule has 2 rings (SSSR count). The largest absolute Gasteiger partial charge is 0.478 e. The van der Waals surface area contributed by atoms with Gasteiger partial charge in [0, 0.05) is 11.8 Å². The van der Waals surface area contributed by atoms with Crippen LogP contribution in [0, 0.1) is 6.92 Å². The summed E-state index contributed by atoms with van der Waals surface area (Å²) < 4.78 is 4.69. The molecule has 0 saturated heterocycles. The summed E-state index contributed by atoms with van der Waals surface area (Å²) in [7, 11) is 0. The zero-order chi connectivity index (χ0) is 13.1. The van der Waals surface area contributed by atoms with Gasteiger partial charge in [-0.3, -0.25) is 4.79 Å². The number of hydrogen-bond donors (Lipinski definition) is 2. The lowest BCUT2D eigenvalue weighted by molar-refractivity contribution is 0.0695. The average Bonchev–Trinajstić information content (AvgIpc) is 2.85. The summed E-state index contributed by atoms with van der Waals surface area (Å²) in [6.07, 6.45) is 1.35. The molecule has 0 fully saturated rings. The summed E-state index contributed by atoms with van der Waals surface area (Å²) in [5.41, 5.74) is 1.16. The third-order valence-electron chi connectivity index (χ3n) is 2.39. The molecule has 0 bridgehead atoms. The van der Waals surface area contributed by atoms with Gasteiger partial charge in [0.25, 0.3) is 5.91 Å². The monoisotopic (exact) mass is 246 g/mol. The number of carbonyl (C=O) groups excluding carboxylic acids is 1. The van der Waals surface area contributed by atoms with E-state index in [1.54, 1.807) is 19.1 Å². The van der Waals surface area contributed by atoms with Crippen LogP contribution in [0.1, 0.15) is 26.5 Å². The van der Waals surface area contributed by atoms with E-state index in [1.807, 2.05) is 0 Å². The molecular formula is C12H10N2O4. The summed E-state index contributed by atoms with van der Waals surface area (Å²) in [6.45, 7) is 1.69. The Labute approximate surface area is 102 Å². The second-order valence-corrected chi connectivity index (χ2v) is 3.67. The quantitative estimate of drug-likeness (QED) is 0.863. The van der Waals surface area contributed by atoms with Gasteiger partial charge in [0.15, 0.2) is 0 Å². The van der Waals surface area contributed by atoms with E-state index < -0.39 is 11.9 Å². The van der Waals surface area contributed by atoms with E-state index >= 15 is 0 Å². The Balaban J connectivity index is 2.22. The number of anilines is 1. The minimum Gasteiger partial charge on any atom is -0.478 e. The molecule has 0 saturated carbocycles. The van der Waals surface area contributed by atoms with Gasteiger partial charge in [-0.1, -0.05) is 11.2 Å². The molecular weight excluding hydrogens is 236 g/mol. The number of aromatic nitrogens is 1. The SMILES string of the molecule is Cc1ccc(NC(=O)c2ccno2)cc1C(=O)O. The Morgan fingerprint density at radius 2 is 2.11 bits per heavy atom. The maximum Gasteiger partial charge on any atom is 0.336 e. The average molecular weight is 246 g/mol. The molecule has 1 aromatic carbocycles. The number of aromatic carboxylic acids is 1. The van der Waals surface area contributed by atoms with Crippen molar-refractivity contribution < 1.29 is 19.2 Å². The molecule has 2 N–H and O–H groups in total. The fourth-order valence-electron chi connectivity index (χ4n) is 1.46. The van der Waals surface area contributed by atoms with Crippen molar-refractivity contribution in [2.45, 2.75) is 6.92 Å². The van der Waals surface area contributed by atoms with Gasteiger partial charge in [0.05, 0.1) is 11.8 Å². The van der Waals surface area contributed by atoms with Crippen LogP contribution in [0.3, 0.4) is 0 Å². The van der Waals surface area contributed by atoms with Crippen molar-refractivity contribution in [2.24, 2.45) is 0 Å². The summed E-state index contributed by atoms with van der Waals surface area (Å²) in [5, 5.41) is 14.9. The van der Waals surface area contributed by atoms with E-state index in [9.17, 15) is 9.59 Å². The molecule has 1 aromatic heterocycles. The summed E-state index contributed by atoms with van der Waals surface area (Å²) in [4.78, 5) is 22.6. The lowest BCUT2D eigenvalue weighted by atomic mass is 10.1. The number of amides is 1. The first kappa shape index (κ1) is 11.8. The first-order valence-corrected chi connectivity index (χ1v) is 5.14. The van der Waals surface area contributed by atoms with Gasteiger partial charge in [0.2, 0.25) is 5.76 Å². The second-order valence-electron chi connectivity index (χ2n) is 3.67. The lowest BCUT2D eigenvalue weighted by Gasteiger charge is -2.06. The van der Waals surface area contributed by atoms with Crippen molar-refractivity contribution >= 4 is 17.6 Å². The summed E-state index contributed by atoms with van der Waals surface area (Å²) in [5.74, 6) is -1.46. The fourth-order valence-corrected chi connectivity index (χ4v) is 1.46. The molecule has 0 aliphatic rings. The maximum atomic E-state index is 11.6. The highest BCUT2D eigenvalue weighted by Gasteiger charge is 2.12. The molecule has 18 heavy (non-hydrogen) atoms. The predicted octanol–water partition coefficient (Wildman–Crippen LogP) is 1.93. The molecule has 0 aliphatic heterocycles. The number of carboxylic acids is 1. The Bertz CT molecular complexity index is 590. The van der Waals surface area contributed by atoms with Crippen molar-refractivity contribution in [3.05, 3.63) is 47.3 Å². The van der Waals surface area contributed by atoms with Gasteiger partial charge in [-0.05, 0) is 24.6 Å². The number of hydrogen-bond acceptors (Lipinski definition) is 4. The number of aryl methyl sites for hydroxylation is 1. The molecule has 6 nitrogen and oxygen atoms in total. The van der Waals surface area contributed by atoms with Crippen LogP contribution in [-0.4, -0.2) is 22.1 Å². The third-order valence-corrected chi connectivity index (χ3v) is 2.39. The molecule has 0 unspecified atom stereocenters. The van der Waals surface area contributed by atoms with Crippen LogP contribution in [0.4, 0.5) is 5.69 Å². The number of rotatable bonds is 3. The molecule has 92 valence electrons. The highest BCUT2D eigenvalue weighted by atomic mass is 16.5. The van der Waals surface area contributed by atoms with Crippen molar-refractivity contribution in [2.75, 3.05) is 5.32 Å². The smallest absolute Gasteiger partial charge is 0.336 e. The second kappa shape index (κ2) is 4.70. The first-order valence-electron chi connectivity index (χ1n) is 5.14. The minimum atomic E-state index is -1.04.